The molecule has 0 radical (unpaired) electrons. The number of carbonyl (C=O) groups is 3. The van der Waals surface area contributed by atoms with Crippen LogP contribution in [-0.2, 0) is 20.8 Å². The van der Waals surface area contributed by atoms with Crippen molar-refractivity contribution in [2.24, 2.45) is 0 Å². The molecule has 0 bridgehead atoms. The van der Waals surface area contributed by atoms with Crippen LogP contribution >= 0.6 is 0 Å². The van der Waals surface area contributed by atoms with Crippen LogP contribution in [0, 0.1) is 0 Å². The van der Waals surface area contributed by atoms with E-state index in [1.54, 1.807) is 6.92 Å². The minimum Gasteiger partial charge on any atom is -0.480 e. The molecule has 0 unspecified atom stereocenters. The molecular weight excluding hydrogens is 356 g/mol. The summed E-state index contributed by atoms with van der Waals surface area (Å²) in [6, 6.07) is 7.09. The standard InChI is InChI=1S/C18H24N2O5.2H2O/c1-12(16(21)20-11-5-8-15(20)18(24)25)19-14(17(22)23)10-9-13-6-3-2-4-7-13;;/h2-4,6-7,12,14-15,19H,5,8-11H2,1H3,(H,22,23)(H,24,25);2*1H2/t12-,14-,15-;;/m0../s1. The summed E-state index contributed by atoms with van der Waals surface area (Å²) in [5.41, 5.74) is 1.03. The van der Waals surface area contributed by atoms with Crippen molar-refractivity contribution in [3.05, 3.63) is 35.9 Å². The Hall–Kier alpha value is -2.49. The number of carboxylic acids is 2. The van der Waals surface area contributed by atoms with Gasteiger partial charge in [0.25, 0.3) is 0 Å². The van der Waals surface area contributed by atoms with Crippen LogP contribution in [0.25, 0.3) is 0 Å². The average Bonchev–Trinajstić information content (AvgIpc) is 3.08. The number of nitrogens with one attached hydrogen (secondary N) is 1. The number of hydrogen-bond acceptors (Lipinski definition) is 4. The molecule has 0 aliphatic carbocycles. The summed E-state index contributed by atoms with van der Waals surface area (Å²) >= 11 is 0. The first-order chi connectivity index (χ1) is 11.9. The van der Waals surface area contributed by atoms with Gasteiger partial charge in [-0.2, -0.15) is 0 Å². The normalized spacial score (nSPS) is 18.0. The second kappa shape index (κ2) is 11.3. The molecule has 2 rings (SSSR count). The van der Waals surface area contributed by atoms with Crippen molar-refractivity contribution in [1.29, 1.82) is 0 Å². The topological polar surface area (TPSA) is 170 Å². The predicted molar refractivity (Wildman–Crippen MR) is 98.4 cm³/mol. The van der Waals surface area contributed by atoms with Crippen LogP contribution in [0.2, 0.25) is 0 Å². The molecule has 152 valence electrons. The summed E-state index contributed by atoms with van der Waals surface area (Å²) in [4.78, 5) is 36.5. The third kappa shape index (κ3) is 6.63. The molecule has 1 fully saturated rings. The number of carboxylic acid groups (broad SMARTS) is 2. The van der Waals surface area contributed by atoms with Crippen LogP contribution in [-0.4, -0.2) is 68.6 Å². The van der Waals surface area contributed by atoms with E-state index >= 15 is 0 Å². The van der Waals surface area contributed by atoms with E-state index in [0.717, 1.165) is 5.56 Å². The molecule has 0 saturated carbocycles. The van der Waals surface area contributed by atoms with Crippen molar-refractivity contribution < 1.29 is 35.5 Å². The summed E-state index contributed by atoms with van der Waals surface area (Å²) in [6.07, 6.45) is 2.00. The number of aliphatic carboxylic acids is 2. The number of benzene rings is 1. The lowest BCUT2D eigenvalue weighted by Gasteiger charge is -2.27. The Morgan fingerprint density at radius 1 is 1.19 bits per heavy atom. The van der Waals surface area contributed by atoms with Crippen molar-refractivity contribution >= 4 is 17.8 Å². The first-order valence-corrected chi connectivity index (χ1v) is 8.46. The Morgan fingerprint density at radius 2 is 1.81 bits per heavy atom. The second-order valence-corrected chi connectivity index (χ2v) is 6.33. The van der Waals surface area contributed by atoms with Crippen molar-refractivity contribution in [3.8, 4) is 0 Å². The molecule has 1 saturated heterocycles. The minimum atomic E-state index is -1.02. The monoisotopic (exact) mass is 384 g/mol. The average molecular weight is 384 g/mol. The number of amides is 1. The number of carbonyl (C=O) groups excluding carboxylic acids is 1. The molecule has 27 heavy (non-hydrogen) atoms. The maximum absolute atomic E-state index is 12.5. The molecule has 1 aliphatic rings. The van der Waals surface area contributed by atoms with E-state index in [0.29, 0.717) is 32.2 Å². The SMILES string of the molecule is C[C@H](N[C@@H](CCc1ccccc1)C(=O)O)C(=O)N1CCC[C@H]1C(=O)O.O.O. The van der Waals surface area contributed by atoms with Crippen LogP contribution in [0.15, 0.2) is 30.3 Å². The first-order valence-electron chi connectivity index (χ1n) is 8.46. The molecule has 1 amide bonds. The van der Waals surface area contributed by atoms with Gasteiger partial charge in [0.1, 0.15) is 12.1 Å². The minimum absolute atomic E-state index is 0. The lowest BCUT2D eigenvalue weighted by Crippen LogP contribution is -2.53. The van der Waals surface area contributed by atoms with Crippen LogP contribution < -0.4 is 5.32 Å². The Kier molecular flexibility index (Phi) is 10.2. The van der Waals surface area contributed by atoms with E-state index < -0.39 is 30.1 Å². The van der Waals surface area contributed by atoms with E-state index in [2.05, 4.69) is 5.32 Å². The van der Waals surface area contributed by atoms with Crippen molar-refractivity contribution in [2.45, 2.75) is 50.7 Å². The molecule has 9 heteroatoms. The number of hydrogen-bond donors (Lipinski definition) is 3. The first kappa shape index (κ1) is 24.5. The zero-order valence-electron chi connectivity index (χ0n) is 15.2. The van der Waals surface area contributed by atoms with Crippen LogP contribution in [0.4, 0.5) is 0 Å². The molecule has 1 heterocycles. The van der Waals surface area contributed by atoms with Gasteiger partial charge in [-0.15, -0.1) is 0 Å². The lowest BCUT2D eigenvalue weighted by molar-refractivity contribution is -0.149. The Labute approximate surface area is 157 Å². The summed E-state index contributed by atoms with van der Waals surface area (Å²) in [5.74, 6) is -2.40. The molecule has 0 aromatic heterocycles. The Balaban J connectivity index is 0.00000338. The van der Waals surface area contributed by atoms with Crippen LogP contribution in [0.1, 0.15) is 31.7 Å². The predicted octanol–water partition coefficient (Wildman–Crippen LogP) is -0.523. The highest BCUT2D eigenvalue weighted by Crippen LogP contribution is 2.18. The maximum atomic E-state index is 12.5. The van der Waals surface area contributed by atoms with Gasteiger partial charge in [0.05, 0.1) is 6.04 Å². The van der Waals surface area contributed by atoms with Gasteiger partial charge in [-0.3, -0.25) is 14.9 Å². The highest BCUT2D eigenvalue weighted by Gasteiger charge is 2.36. The van der Waals surface area contributed by atoms with E-state index in [-0.39, 0.29) is 16.9 Å². The van der Waals surface area contributed by atoms with E-state index in [1.807, 2.05) is 30.3 Å². The summed E-state index contributed by atoms with van der Waals surface area (Å²) in [5, 5.41) is 21.4. The third-order valence-electron chi connectivity index (χ3n) is 4.51. The van der Waals surface area contributed by atoms with Gasteiger partial charge in [-0.25, -0.2) is 4.79 Å². The fourth-order valence-electron chi connectivity index (χ4n) is 3.14. The van der Waals surface area contributed by atoms with Gasteiger partial charge < -0.3 is 26.1 Å². The molecule has 3 atom stereocenters. The molecule has 7 N–H and O–H groups in total. The van der Waals surface area contributed by atoms with Crippen LogP contribution in [0.3, 0.4) is 0 Å². The fourth-order valence-corrected chi connectivity index (χ4v) is 3.14. The van der Waals surface area contributed by atoms with Gasteiger partial charge in [-0.05, 0) is 38.2 Å². The van der Waals surface area contributed by atoms with E-state index in [9.17, 15) is 24.6 Å². The van der Waals surface area contributed by atoms with Crippen LogP contribution in [0.5, 0.6) is 0 Å². The molecule has 1 aromatic rings. The quantitative estimate of drug-likeness (QED) is 0.544. The molecule has 1 aliphatic heterocycles. The zero-order chi connectivity index (χ0) is 18.4. The van der Waals surface area contributed by atoms with Gasteiger partial charge in [0, 0.05) is 6.54 Å². The molecule has 1 aromatic carbocycles. The molecule has 9 nitrogen and oxygen atoms in total. The third-order valence-corrected chi connectivity index (χ3v) is 4.51. The van der Waals surface area contributed by atoms with Gasteiger partial charge in [0.15, 0.2) is 0 Å². The highest BCUT2D eigenvalue weighted by atomic mass is 16.4. The molecular formula is C18H28N2O7. The number of rotatable bonds is 8. The van der Waals surface area contributed by atoms with Crippen molar-refractivity contribution in [1.82, 2.24) is 10.2 Å². The second-order valence-electron chi connectivity index (χ2n) is 6.33. The summed E-state index contributed by atoms with van der Waals surface area (Å²) in [7, 11) is 0. The van der Waals surface area contributed by atoms with Gasteiger partial charge >= 0.3 is 11.9 Å². The van der Waals surface area contributed by atoms with E-state index in [4.69, 9.17) is 0 Å². The number of likely N-dealkylation sites (tertiary alicyclic amines) is 1. The highest BCUT2D eigenvalue weighted by molar-refractivity contribution is 5.88. The number of nitrogens with zero attached hydrogens (tertiary/aromatic N) is 1. The van der Waals surface area contributed by atoms with Crippen molar-refractivity contribution in [2.75, 3.05) is 6.54 Å². The largest absolute Gasteiger partial charge is 0.480 e. The lowest BCUT2D eigenvalue weighted by atomic mass is 10.0. The van der Waals surface area contributed by atoms with Gasteiger partial charge in [0.2, 0.25) is 5.91 Å². The Bertz CT molecular complexity index is 623. The fraction of sp³-hybridized carbons (Fsp3) is 0.500. The van der Waals surface area contributed by atoms with Crippen molar-refractivity contribution in [3.63, 3.8) is 0 Å². The maximum Gasteiger partial charge on any atom is 0.326 e. The van der Waals surface area contributed by atoms with E-state index in [1.165, 1.54) is 4.90 Å². The van der Waals surface area contributed by atoms with Gasteiger partial charge in [-0.1, -0.05) is 30.3 Å². The molecule has 0 spiro atoms. The number of aryl methyl sites for hydroxylation is 1. The smallest absolute Gasteiger partial charge is 0.326 e. The summed E-state index contributed by atoms with van der Waals surface area (Å²) in [6.45, 7) is 1.97. The Morgan fingerprint density at radius 3 is 2.37 bits per heavy atom. The zero-order valence-corrected chi connectivity index (χ0v) is 15.2. The summed E-state index contributed by atoms with van der Waals surface area (Å²) < 4.78 is 0.